The normalized spacial score (nSPS) is 12.1. The van der Waals surface area contributed by atoms with E-state index in [0.717, 1.165) is 11.3 Å². The van der Waals surface area contributed by atoms with E-state index in [-0.39, 0.29) is 11.2 Å². The lowest BCUT2D eigenvalue weighted by atomic mass is 10.3. The maximum Gasteiger partial charge on any atom is 0.277 e. The van der Waals surface area contributed by atoms with Gasteiger partial charge in [0.15, 0.2) is 0 Å². The molecule has 1 amide bonds. The van der Waals surface area contributed by atoms with Crippen molar-refractivity contribution in [2.75, 3.05) is 5.32 Å². The average Bonchev–Trinajstić information content (AvgIpc) is 3.17. The van der Waals surface area contributed by atoms with Crippen molar-refractivity contribution < 1.29 is 13.6 Å². The van der Waals surface area contributed by atoms with Gasteiger partial charge in [0.1, 0.15) is 5.76 Å². The maximum atomic E-state index is 12.2. The minimum atomic E-state index is -0.367. The number of hydrogen-bond donors (Lipinski definition) is 1. The third-order valence-corrected chi connectivity index (χ3v) is 4.12. The number of nitrogens with zero attached hydrogens (tertiary/aromatic N) is 2. The van der Waals surface area contributed by atoms with Crippen LogP contribution in [0.2, 0.25) is 0 Å². The first-order valence-electron chi connectivity index (χ1n) is 7.04. The molecule has 2 aromatic heterocycles. The Hall–Kier alpha value is -2.54. The molecule has 0 aliphatic heterocycles. The lowest BCUT2D eigenvalue weighted by Gasteiger charge is -2.09. The highest BCUT2D eigenvalue weighted by Gasteiger charge is 2.19. The van der Waals surface area contributed by atoms with Gasteiger partial charge in [0.2, 0.25) is 5.91 Å². The van der Waals surface area contributed by atoms with Gasteiger partial charge in [-0.3, -0.25) is 4.79 Å². The summed E-state index contributed by atoms with van der Waals surface area (Å²) < 4.78 is 10.8. The minimum absolute atomic E-state index is 0.125. The molecule has 3 rings (SSSR count). The minimum Gasteiger partial charge on any atom is -0.469 e. The summed E-state index contributed by atoms with van der Waals surface area (Å²) in [6, 6.07) is 11.1. The number of thioether (sulfide) groups is 1. The van der Waals surface area contributed by atoms with Crippen LogP contribution >= 0.6 is 11.8 Å². The van der Waals surface area contributed by atoms with Crippen LogP contribution in [0.4, 0.5) is 5.69 Å². The first kappa shape index (κ1) is 15.4. The Morgan fingerprint density at radius 2 is 2.00 bits per heavy atom. The van der Waals surface area contributed by atoms with Crippen LogP contribution in [-0.4, -0.2) is 21.4 Å². The molecular weight excluding hydrogens is 314 g/mol. The molecule has 0 aliphatic carbocycles. The number of hydrogen-bond acceptors (Lipinski definition) is 6. The summed E-state index contributed by atoms with van der Waals surface area (Å²) in [6.45, 7) is 3.61. The summed E-state index contributed by atoms with van der Waals surface area (Å²) in [5.74, 6) is 0.968. The molecule has 2 heterocycles. The van der Waals surface area contributed by atoms with Crippen LogP contribution in [0.25, 0.3) is 11.5 Å². The van der Waals surface area contributed by atoms with Crippen molar-refractivity contribution in [3.63, 3.8) is 0 Å². The van der Waals surface area contributed by atoms with Crippen molar-refractivity contribution in [2.45, 2.75) is 24.3 Å². The number of nitrogens with one attached hydrogen (secondary N) is 1. The van der Waals surface area contributed by atoms with Crippen molar-refractivity contribution in [1.82, 2.24) is 10.2 Å². The summed E-state index contributed by atoms with van der Waals surface area (Å²) in [4.78, 5) is 12.2. The number of aromatic nitrogens is 2. The molecule has 3 aromatic rings. The zero-order valence-electron chi connectivity index (χ0n) is 12.6. The quantitative estimate of drug-likeness (QED) is 0.718. The van der Waals surface area contributed by atoms with Crippen molar-refractivity contribution in [1.29, 1.82) is 0 Å². The molecule has 0 spiro atoms. The largest absolute Gasteiger partial charge is 0.469 e. The standard InChI is InChI=1S/C16H15N3O3S/c1-10-13(8-9-21-10)15-18-19-16(22-15)23-11(2)14(20)17-12-6-4-3-5-7-12/h3-9,11H,1-2H3,(H,17,20)/t11-/m1/s1. The van der Waals surface area contributed by atoms with Gasteiger partial charge in [-0.25, -0.2) is 0 Å². The Balaban J connectivity index is 1.64. The molecule has 0 saturated carbocycles. The molecule has 0 saturated heterocycles. The van der Waals surface area contributed by atoms with Crippen LogP contribution in [0.5, 0.6) is 0 Å². The van der Waals surface area contributed by atoms with Crippen LogP contribution in [0, 0.1) is 6.92 Å². The molecule has 6 nitrogen and oxygen atoms in total. The fourth-order valence-electron chi connectivity index (χ4n) is 1.94. The van der Waals surface area contributed by atoms with E-state index in [0.29, 0.717) is 16.9 Å². The van der Waals surface area contributed by atoms with E-state index in [1.54, 1.807) is 19.3 Å². The van der Waals surface area contributed by atoms with Crippen molar-refractivity contribution in [3.8, 4) is 11.5 Å². The molecule has 118 valence electrons. The Morgan fingerprint density at radius 3 is 2.70 bits per heavy atom. The number of rotatable bonds is 5. The molecule has 0 unspecified atom stereocenters. The highest BCUT2D eigenvalue weighted by molar-refractivity contribution is 8.00. The summed E-state index contributed by atoms with van der Waals surface area (Å²) in [7, 11) is 0. The SMILES string of the molecule is Cc1occc1-c1nnc(S[C@H](C)C(=O)Nc2ccccc2)o1. The average molecular weight is 329 g/mol. The first-order chi connectivity index (χ1) is 11.1. The number of carbonyl (C=O) groups excluding carboxylic acids is 1. The van der Waals surface area contributed by atoms with Gasteiger partial charge < -0.3 is 14.2 Å². The number of para-hydroxylation sites is 1. The number of amides is 1. The van der Waals surface area contributed by atoms with Gasteiger partial charge >= 0.3 is 0 Å². The van der Waals surface area contributed by atoms with Gasteiger partial charge in [-0.2, -0.15) is 0 Å². The zero-order valence-corrected chi connectivity index (χ0v) is 13.5. The second-order valence-electron chi connectivity index (χ2n) is 4.88. The molecule has 23 heavy (non-hydrogen) atoms. The number of benzene rings is 1. The third kappa shape index (κ3) is 3.62. The van der Waals surface area contributed by atoms with Gasteiger partial charge in [0.25, 0.3) is 11.1 Å². The molecular formula is C16H15N3O3S. The Morgan fingerprint density at radius 1 is 1.22 bits per heavy atom. The Labute approximate surface area is 137 Å². The molecule has 0 radical (unpaired) electrons. The van der Waals surface area contributed by atoms with E-state index in [2.05, 4.69) is 15.5 Å². The Bertz CT molecular complexity index is 798. The predicted octanol–water partition coefficient (Wildman–Crippen LogP) is 3.76. The van der Waals surface area contributed by atoms with Gasteiger partial charge in [-0.1, -0.05) is 30.0 Å². The van der Waals surface area contributed by atoms with E-state index in [1.807, 2.05) is 37.3 Å². The molecule has 7 heteroatoms. The number of furan rings is 1. The van der Waals surface area contributed by atoms with Crippen LogP contribution in [0.3, 0.4) is 0 Å². The smallest absolute Gasteiger partial charge is 0.277 e. The second kappa shape index (κ2) is 6.70. The van der Waals surface area contributed by atoms with E-state index < -0.39 is 0 Å². The zero-order chi connectivity index (χ0) is 16.2. The van der Waals surface area contributed by atoms with Crippen molar-refractivity contribution in [2.24, 2.45) is 0 Å². The number of carbonyl (C=O) groups is 1. The maximum absolute atomic E-state index is 12.2. The van der Waals surface area contributed by atoms with Crippen molar-refractivity contribution in [3.05, 3.63) is 48.4 Å². The first-order valence-corrected chi connectivity index (χ1v) is 7.92. The van der Waals surface area contributed by atoms with Gasteiger partial charge in [-0.15, -0.1) is 10.2 Å². The van der Waals surface area contributed by atoms with E-state index in [4.69, 9.17) is 8.83 Å². The van der Waals surface area contributed by atoms with Crippen molar-refractivity contribution >= 4 is 23.4 Å². The highest BCUT2D eigenvalue weighted by atomic mass is 32.2. The molecule has 1 atom stereocenters. The molecule has 1 aromatic carbocycles. The monoisotopic (exact) mass is 329 g/mol. The summed E-state index contributed by atoms with van der Waals surface area (Å²) in [6.07, 6.45) is 1.57. The fraction of sp³-hybridized carbons (Fsp3) is 0.188. The fourth-order valence-corrected chi connectivity index (χ4v) is 2.63. The molecule has 0 fully saturated rings. The lowest BCUT2D eigenvalue weighted by molar-refractivity contribution is -0.115. The molecule has 0 bridgehead atoms. The van der Waals surface area contributed by atoms with E-state index in [9.17, 15) is 4.79 Å². The Kier molecular flexibility index (Phi) is 4.47. The summed E-state index contributed by atoms with van der Waals surface area (Å²) >= 11 is 1.21. The highest BCUT2D eigenvalue weighted by Crippen LogP contribution is 2.28. The van der Waals surface area contributed by atoms with Crippen LogP contribution in [-0.2, 0) is 4.79 Å². The van der Waals surface area contributed by atoms with Gasteiger partial charge in [0, 0.05) is 5.69 Å². The number of aryl methyl sites for hydroxylation is 1. The molecule has 1 N–H and O–H groups in total. The van der Waals surface area contributed by atoms with E-state index >= 15 is 0 Å². The predicted molar refractivity (Wildman–Crippen MR) is 87.1 cm³/mol. The van der Waals surface area contributed by atoms with E-state index in [1.165, 1.54) is 11.8 Å². The molecule has 0 aliphatic rings. The van der Waals surface area contributed by atoms with Crippen LogP contribution in [0.1, 0.15) is 12.7 Å². The van der Waals surface area contributed by atoms with Gasteiger partial charge in [-0.05, 0) is 32.0 Å². The lowest BCUT2D eigenvalue weighted by Crippen LogP contribution is -2.22. The number of anilines is 1. The second-order valence-corrected chi connectivity index (χ2v) is 6.17. The van der Waals surface area contributed by atoms with Crippen LogP contribution in [0.15, 0.2) is 56.7 Å². The summed E-state index contributed by atoms with van der Waals surface area (Å²) in [5.41, 5.74) is 1.51. The third-order valence-electron chi connectivity index (χ3n) is 3.18. The van der Waals surface area contributed by atoms with Gasteiger partial charge in [0.05, 0.1) is 17.1 Å². The summed E-state index contributed by atoms with van der Waals surface area (Å²) in [5, 5.41) is 10.8. The van der Waals surface area contributed by atoms with Crippen LogP contribution < -0.4 is 5.32 Å². The topological polar surface area (TPSA) is 81.2 Å².